The molecule has 1 aromatic heterocycles. The highest BCUT2D eigenvalue weighted by molar-refractivity contribution is 7.99. The summed E-state index contributed by atoms with van der Waals surface area (Å²) in [6.07, 6.45) is 1.70. The summed E-state index contributed by atoms with van der Waals surface area (Å²) >= 11 is 1.33. The average Bonchev–Trinajstić information content (AvgIpc) is 2.34. The van der Waals surface area contributed by atoms with Crippen molar-refractivity contribution in [3.05, 3.63) is 47.4 Å². The zero-order valence-corrected chi connectivity index (χ0v) is 10.9. The molecule has 2 aromatic rings. The van der Waals surface area contributed by atoms with Gasteiger partial charge in [-0.3, -0.25) is 4.98 Å². The molecule has 1 aromatic carbocycles. The lowest BCUT2D eigenvalue weighted by Crippen LogP contribution is -1.99. The van der Waals surface area contributed by atoms with Crippen LogP contribution in [0.2, 0.25) is 0 Å². The fourth-order valence-electron chi connectivity index (χ4n) is 1.45. The van der Waals surface area contributed by atoms with Gasteiger partial charge in [0.1, 0.15) is 5.03 Å². The molecule has 0 aliphatic carbocycles. The molecule has 0 radical (unpaired) electrons. The molecule has 1 N–H and O–H groups in total. The van der Waals surface area contributed by atoms with Crippen LogP contribution in [0.15, 0.2) is 40.4 Å². The van der Waals surface area contributed by atoms with Crippen molar-refractivity contribution in [3.63, 3.8) is 0 Å². The molecule has 0 aliphatic heterocycles. The minimum atomic E-state index is -0.934. The van der Waals surface area contributed by atoms with Gasteiger partial charge in [0, 0.05) is 11.1 Å². The Labute approximate surface area is 109 Å². The minimum absolute atomic E-state index is 0.283. The third-order valence-corrected chi connectivity index (χ3v) is 3.51. The van der Waals surface area contributed by atoms with E-state index in [-0.39, 0.29) is 5.56 Å². The first-order chi connectivity index (χ1) is 8.58. The van der Waals surface area contributed by atoms with Gasteiger partial charge in [0.25, 0.3) is 0 Å². The third kappa shape index (κ3) is 2.68. The fourth-order valence-corrected chi connectivity index (χ4v) is 2.46. The van der Waals surface area contributed by atoms with Crippen LogP contribution in [0.25, 0.3) is 0 Å². The lowest BCUT2D eigenvalue weighted by Gasteiger charge is -2.07. The smallest absolute Gasteiger partial charge is 0.336 e. The first kappa shape index (κ1) is 12.6. The number of rotatable bonds is 3. The summed E-state index contributed by atoms with van der Waals surface area (Å²) in [6, 6.07) is 6.89. The molecule has 0 unspecified atom stereocenters. The molecule has 0 aliphatic rings. The summed E-state index contributed by atoms with van der Waals surface area (Å²) < 4.78 is 0. The predicted molar refractivity (Wildman–Crippen MR) is 69.0 cm³/mol. The lowest BCUT2D eigenvalue weighted by molar-refractivity contribution is 0.0693. The number of nitrogens with zero attached hydrogens (tertiary/aromatic N) is 2. The van der Waals surface area contributed by atoms with E-state index in [0.717, 1.165) is 16.4 Å². The zero-order valence-electron chi connectivity index (χ0n) is 10.0. The number of carbonyl (C=O) groups is 1. The Morgan fingerprint density at radius 1 is 1.28 bits per heavy atom. The van der Waals surface area contributed by atoms with Crippen LogP contribution < -0.4 is 0 Å². The monoisotopic (exact) mass is 260 g/mol. The van der Waals surface area contributed by atoms with Crippen LogP contribution in [-0.4, -0.2) is 21.0 Å². The fraction of sp³-hybridized carbons (Fsp3) is 0.154. The molecule has 0 atom stereocenters. The summed E-state index contributed by atoms with van der Waals surface area (Å²) in [7, 11) is 0. The van der Waals surface area contributed by atoms with Crippen molar-refractivity contribution >= 4 is 17.7 Å². The maximum atomic E-state index is 11.1. The van der Waals surface area contributed by atoms with Crippen LogP contribution >= 0.6 is 11.8 Å². The van der Waals surface area contributed by atoms with Gasteiger partial charge in [-0.1, -0.05) is 23.9 Å². The normalized spacial score (nSPS) is 10.3. The Hall–Kier alpha value is -1.88. The summed E-state index contributed by atoms with van der Waals surface area (Å²) in [6.45, 7) is 3.72. The first-order valence-corrected chi connectivity index (χ1v) is 6.20. The number of carboxylic acids is 1. The quantitative estimate of drug-likeness (QED) is 0.919. The van der Waals surface area contributed by atoms with Crippen molar-refractivity contribution in [2.45, 2.75) is 23.8 Å². The number of carboxylic acid groups (broad SMARTS) is 1. The largest absolute Gasteiger partial charge is 0.478 e. The van der Waals surface area contributed by atoms with Crippen molar-refractivity contribution in [3.8, 4) is 0 Å². The molecule has 1 heterocycles. The van der Waals surface area contributed by atoms with Gasteiger partial charge >= 0.3 is 5.97 Å². The van der Waals surface area contributed by atoms with E-state index in [9.17, 15) is 4.79 Å². The van der Waals surface area contributed by atoms with E-state index in [2.05, 4.69) is 9.97 Å². The summed E-state index contributed by atoms with van der Waals surface area (Å²) in [5, 5.41) is 9.86. The highest BCUT2D eigenvalue weighted by Crippen LogP contribution is 2.30. The van der Waals surface area contributed by atoms with Crippen molar-refractivity contribution < 1.29 is 9.90 Å². The summed E-state index contributed by atoms with van der Waals surface area (Å²) in [5.74, 6) is -0.934. The van der Waals surface area contributed by atoms with E-state index in [1.165, 1.54) is 11.8 Å². The molecule has 4 nitrogen and oxygen atoms in total. The van der Waals surface area contributed by atoms with Gasteiger partial charge in [-0.15, -0.1) is 0 Å². The third-order valence-electron chi connectivity index (χ3n) is 2.36. The van der Waals surface area contributed by atoms with Crippen LogP contribution in [0.4, 0.5) is 0 Å². The van der Waals surface area contributed by atoms with Crippen LogP contribution in [0.1, 0.15) is 21.7 Å². The van der Waals surface area contributed by atoms with Crippen molar-refractivity contribution in [1.82, 2.24) is 9.97 Å². The Bertz CT molecular complexity index is 599. The molecule has 0 amide bonds. The summed E-state index contributed by atoms with van der Waals surface area (Å²) in [5.41, 5.74) is 1.90. The molecular weight excluding hydrogens is 248 g/mol. The second kappa shape index (κ2) is 5.18. The molecule has 18 heavy (non-hydrogen) atoms. The number of aryl methyl sites for hydroxylation is 2. The van der Waals surface area contributed by atoms with E-state index in [0.29, 0.717) is 4.90 Å². The van der Waals surface area contributed by atoms with Crippen LogP contribution in [0.3, 0.4) is 0 Å². The van der Waals surface area contributed by atoms with Crippen LogP contribution in [-0.2, 0) is 0 Å². The number of aromatic nitrogens is 2. The second-order valence-corrected chi connectivity index (χ2v) is 4.84. The highest BCUT2D eigenvalue weighted by atomic mass is 32.2. The molecule has 0 bridgehead atoms. The van der Waals surface area contributed by atoms with Gasteiger partial charge in [-0.05, 0) is 26.0 Å². The highest BCUT2D eigenvalue weighted by Gasteiger charge is 2.12. The van der Waals surface area contributed by atoms with Gasteiger partial charge in [0.15, 0.2) is 0 Å². The van der Waals surface area contributed by atoms with Crippen LogP contribution in [0, 0.1) is 13.8 Å². The maximum absolute atomic E-state index is 11.1. The molecule has 5 heteroatoms. The van der Waals surface area contributed by atoms with Crippen molar-refractivity contribution in [2.24, 2.45) is 0 Å². The van der Waals surface area contributed by atoms with Crippen molar-refractivity contribution in [2.75, 3.05) is 0 Å². The number of aromatic carboxylic acids is 1. The van der Waals surface area contributed by atoms with Crippen molar-refractivity contribution in [1.29, 1.82) is 0 Å². The standard InChI is InChI=1S/C13H12N2O2S/c1-8-7-14-9(2)12(15-8)18-11-6-4-3-5-10(11)13(16)17/h3-7H,1-2H3,(H,16,17). The van der Waals surface area contributed by atoms with Gasteiger partial charge < -0.3 is 5.11 Å². The molecule has 2 rings (SSSR count). The van der Waals surface area contributed by atoms with E-state index < -0.39 is 5.97 Å². The number of hydrogen-bond acceptors (Lipinski definition) is 4. The number of hydrogen-bond donors (Lipinski definition) is 1. The summed E-state index contributed by atoms with van der Waals surface area (Å²) in [4.78, 5) is 20.4. The van der Waals surface area contributed by atoms with Gasteiger partial charge in [0.05, 0.1) is 17.0 Å². The van der Waals surface area contributed by atoms with E-state index in [1.807, 2.05) is 19.9 Å². The topological polar surface area (TPSA) is 63.1 Å². The first-order valence-electron chi connectivity index (χ1n) is 5.38. The Morgan fingerprint density at radius 2 is 2.00 bits per heavy atom. The Morgan fingerprint density at radius 3 is 2.72 bits per heavy atom. The van der Waals surface area contributed by atoms with Gasteiger partial charge in [0.2, 0.25) is 0 Å². The molecule has 92 valence electrons. The average molecular weight is 260 g/mol. The predicted octanol–water partition coefficient (Wildman–Crippen LogP) is 2.94. The minimum Gasteiger partial charge on any atom is -0.478 e. The van der Waals surface area contributed by atoms with E-state index in [1.54, 1.807) is 24.4 Å². The molecule has 0 saturated carbocycles. The molecular formula is C13H12N2O2S. The zero-order chi connectivity index (χ0) is 13.1. The maximum Gasteiger partial charge on any atom is 0.336 e. The van der Waals surface area contributed by atoms with E-state index in [4.69, 9.17) is 5.11 Å². The number of benzene rings is 1. The molecule has 0 spiro atoms. The van der Waals surface area contributed by atoms with Gasteiger partial charge in [-0.2, -0.15) is 0 Å². The molecule has 0 saturated heterocycles. The SMILES string of the molecule is Cc1cnc(C)c(Sc2ccccc2C(=O)O)n1. The second-order valence-electron chi connectivity index (χ2n) is 3.81. The Balaban J connectivity index is 2.40. The van der Waals surface area contributed by atoms with Gasteiger partial charge in [-0.25, -0.2) is 9.78 Å². The molecule has 0 fully saturated rings. The van der Waals surface area contributed by atoms with Crippen LogP contribution in [0.5, 0.6) is 0 Å². The lowest BCUT2D eigenvalue weighted by atomic mass is 10.2. The Kier molecular flexibility index (Phi) is 3.62. The van der Waals surface area contributed by atoms with E-state index >= 15 is 0 Å².